The van der Waals surface area contributed by atoms with Crippen LogP contribution in [-0.4, -0.2) is 29.0 Å². The van der Waals surface area contributed by atoms with E-state index in [9.17, 15) is 0 Å². The molecule has 1 N–H and O–H groups in total. The monoisotopic (exact) mass is 201 g/mol. The van der Waals surface area contributed by atoms with E-state index in [2.05, 4.69) is 26.1 Å². The van der Waals surface area contributed by atoms with E-state index in [1.165, 1.54) is 25.4 Å². The molecule has 1 saturated heterocycles. The van der Waals surface area contributed by atoms with Gasteiger partial charge in [0.05, 0.1) is 0 Å². The number of rotatable bonds is 4. The molecule has 13 heavy (non-hydrogen) atoms. The molecular weight excluding hydrogens is 178 g/mol. The molecule has 0 bridgehead atoms. The van der Waals surface area contributed by atoms with E-state index in [-0.39, 0.29) is 9.76 Å². The molecule has 1 atom stereocenters. The second kappa shape index (κ2) is 5.13. The Morgan fingerprint density at radius 3 is 2.77 bits per heavy atom. The zero-order valence-corrected chi connectivity index (χ0v) is 10.6. The first kappa shape index (κ1) is 11.2. The summed E-state index contributed by atoms with van der Waals surface area (Å²) >= 11 is 0. The molecule has 0 amide bonds. The van der Waals surface area contributed by atoms with Crippen LogP contribution in [0.2, 0.25) is 6.04 Å². The standard InChI is InChI=1S/C10H23NOSi/c1-10(2,3)8-13-12-7-9-5-4-6-11-9/h9,11H,4-8,13H2,1-3H3. The van der Waals surface area contributed by atoms with Crippen molar-refractivity contribution in [1.82, 2.24) is 5.32 Å². The Morgan fingerprint density at radius 1 is 1.46 bits per heavy atom. The third kappa shape index (κ3) is 5.44. The molecule has 2 nitrogen and oxygen atoms in total. The largest absolute Gasteiger partial charge is 0.422 e. The van der Waals surface area contributed by atoms with E-state index in [4.69, 9.17) is 4.43 Å². The van der Waals surface area contributed by atoms with Crippen molar-refractivity contribution >= 4 is 9.76 Å². The van der Waals surface area contributed by atoms with Crippen LogP contribution in [0.3, 0.4) is 0 Å². The lowest BCUT2D eigenvalue weighted by molar-refractivity contribution is 0.282. The van der Waals surface area contributed by atoms with Crippen LogP contribution in [0, 0.1) is 5.41 Å². The molecule has 0 aliphatic carbocycles. The van der Waals surface area contributed by atoms with E-state index >= 15 is 0 Å². The maximum atomic E-state index is 5.77. The highest BCUT2D eigenvalue weighted by molar-refractivity contribution is 6.27. The van der Waals surface area contributed by atoms with Gasteiger partial charge in [0, 0.05) is 12.6 Å². The van der Waals surface area contributed by atoms with Crippen LogP contribution >= 0.6 is 0 Å². The summed E-state index contributed by atoms with van der Waals surface area (Å²) < 4.78 is 5.77. The van der Waals surface area contributed by atoms with Gasteiger partial charge in [0.15, 0.2) is 9.76 Å². The topological polar surface area (TPSA) is 21.3 Å². The van der Waals surface area contributed by atoms with Crippen LogP contribution in [0.4, 0.5) is 0 Å². The molecule has 78 valence electrons. The first-order valence-electron chi connectivity index (χ1n) is 5.39. The van der Waals surface area contributed by atoms with Crippen molar-refractivity contribution in [2.75, 3.05) is 13.2 Å². The van der Waals surface area contributed by atoms with Gasteiger partial charge in [0.25, 0.3) is 0 Å². The summed E-state index contributed by atoms with van der Waals surface area (Å²) in [6.07, 6.45) is 2.64. The summed E-state index contributed by atoms with van der Waals surface area (Å²) in [5.74, 6) is 0. The zero-order chi connectivity index (χ0) is 9.73. The van der Waals surface area contributed by atoms with Crippen molar-refractivity contribution in [3.8, 4) is 0 Å². The first-order valence-corrected chi connectivity index (χ1v) is 6.97. The van der Waals surface area contributed by atoms with Gasteiger partial charge in [-0.15, -0.1) is 0 Å². The van der Waals surface area contributed by atoms with E-state index < -0.39 is 0 Å². The molecule has 3 heteroatoms. The molecular formula is C10H23NOSi. The Labute approximate surface area is 84.4 Å². The van der Waals surface area contributed by atoms with Crippen LogP contribution in [0.1, 0.15) is 33.6 Å². The van der Waals surface area contributed by atoms with Gasteiger partial charge < -0.3 is 9.74 Å². The van der Waals surface area contributed by atoms with Crippen LogP contribution < -0.4 is 5.32 Å². The van der Waals surface area contributed by atoms with E-state index in [1.807, 2.05) is 0 Å². The quantitative estimate of drug-likeness (QED) is 0.547. The van der Waals surface area contributed by atoms with Gasteiger partial charge in [-0.05, 0) is 30.8 Å². The summed E-state index contributed by atoms with van der Waals surface area (Å²) in [6.45, 7) is 9.02. The molecule has 0 aromatic carbocycles. The molecule has 0 saturated carbocycles. The van der Waals surface area contributed by atoms with Crippen LogP contribution in [0.15, 0.2) is 0 Å². The second-order valence-corrected chi connectivity index (χ2v) is 6.50. The van der Waals surface area contributed by atoms with Crippen molar-refractivity contribution in [3.05, 3.63) is 0 Å². The lowest BCUT2D eigenvalue weighted by atomic mass is 10.0. The maximum absolute atomic E-state index is 5.77. The average Bonchev–Trinajstić information content (AvgIpc) is 2.48. The van der Waals surface area contributed by atoms with Gasteiger partial charge >= 0.3 is 0 Å². The van der Waals surface area contributed by atoms with Crippen LogP contribution in [-0.2, 0) is 4.43 Å². The molecule has 0 spiro atoms. The highest BCUT2D eigenvalue weighted by atomic mass is 28.2. The SMILES string of the molecule is CC(C)(C)C[SiH2]OCC1CCCN1. The van der Waals surface area contributed by atoms with Gasteiger partial charge in [-0.3, -0.25) is 0 Å². The van der Waals surface area contributed by atoms with Crippen molar-refractivity contribution in [3.63, 3.8) is 0 Å². The molecule has 1 heterocycles. The van der Waals surface area contributed by atoms with Crippen molar-refractivity contribution in [2.45, 2.75) is 45.7 Å². The Morgan fingerprint density at radius 2 is 2.23 bits per heavy atom. The van der Waals surface area contributed by atoms with Gasteiger partial charge in [0.1, 0.15) is 0 Å². The molecule has 1 fully saturated rings. The number of hydrogen-bond acceptors (Lipinski definition) is 2. The molecule has 1 aliphatic heterocycles. The third-order valence-corrected chi connectivity index (χ3v) is 4.71. The molecule has 1 rings (SSSR count). The lowest BCUT2D eigenvalue weighted by Gasteiger charge is -2.18. The van der Waals surface area contributed by atoms with E-state index in [0.717, 1.165) is 6.61 Å². The minimum absolute atomic E-state index is 0.267. The maximum Gasteiger partial charge on any atom is 0.162 e. The first-order chi connectivity index (χ1) is 6.08. The Balaban J connectivity index is 1.94. The number of nitrogens with one attached hydrogen (secondary N) is 1. The fourth-order valence-electron chi connectivity index (χ4n) is 1.50. The summed E-state index contributed by atoms with van der Waals surface area (Å²) in [5.41, 5.74) is 0.468. The molecule has 0 aromatic heterocycles. The summed E-state index contributed by atoms with van der Waals surface area (Å²) in [4.78, 5) is 0. The second-order valence-electron chi connectivity index (χ2n) is 5.18. The van der Waals surface area contributed by atoms with Gasteiger partial charge in [-0.1, -0.05) is 20.8 Å². The van der Waals surface area contributed by atoms with Gasteiger partial charge in [-0.2, -0.15) is 0 Å². The van der Waals surface area contributed by atoms with Crippen LogP contribution in [0.5, 0.6) is 0 Å². The van der Waals surface area contributed by atoms with Crippen molar-refractivity contribution < 1.29 is 4.43 Å². The fraction of sp³-hybridized carbons (Fsp3) is 1.00. The van der Waals surface area contributed by atoms with Crippen LogP contribution in [0.25, 0.3) is 0 Å². The third-order valence-electron chi connectivity index (χ3n) is 2.48. The Kier molecular flexibility index (Phi) is 4.42. The molecule has 1 unspecified atom stereocenters. The molecule has 0 radical (unpaired) electrons. The molecule has 1 aliphatic rings. The van der Waals surface area contributed by atoms with E-state index in [1.54, 1.807) is 0 Å². The predicted octanol–water partition coefficient (Wildman–Crippen LogP) is 1.30. The summed E-state index contributed by atoms with van der Waals surface area (Å²) in [5, 5.41) is 3.45. The predicted molar refractivity (Wildman–Crippen MR) is 59.8 cm³/mol. The molecule has 0 aromatic rings. The summed E-state index contributed by atoms with van der Waals surface area (Å²) in [7, 11) is -0.267. The smallest absolute Gasteiger partial charge is 0.162 e. The highest BCUT2D eigenvalue weighted by Crippen LogP contribution is 2.18. The van der Waals surface area contributed by atoms with Gasteiger partial charge in [-0.25, -0.2) is 0 Å². The Bertz CT molecular complexity index is 138. The normalized spacial score (nSPS) is 24.7. The fourth-order valence-corrected chi connectivity index (χ4v) is 2.71. The number of hydrogen-bond donors (Lipinski definition) is 1. The van der Waals surface area contributed by atoms with E-state index in [0.29, 0.717) is 11.5 Å². The zero-order valence-electron chi connectivity index (χ0n) is 9.23. The van der Waals surface area contributed by atoms with Gasteiger partial charge in [0.2, 0.25) is 0 Å². The van der Waals surface area contributed by atoms with Crippen molar-refractivity contribution in [1.29, 1.82) is 0 Å². The minimum atomic E-state index is -0.267. The highest BCUT2D eigenvalue weighted by Gasteiger charge is 2.14. The Hall–Kier alpha value is 0.137. The van der Waals surface area contributed by atoms with Crippen molar-refractivity contribution in [2.24, 2.45) is 5.41 Å². The average molecular weight is 201 g/mol. The summed E-state index contributed by atoms with van der Waals surface area (Å²) in [6, 6.07) is 1.95. The minimum Gasteiger partial charge on any atom is -0.422 e. The lowest BCUT2D eigenvalue weighted by Crippen LogP contribution is -2.28.